The minimum Gasteiger partial charge on any atom is -0.369 e. The van der Waals surface area contributed by atoms with E-state index in [1.165, 1.54) is 14.2 Å². The first kappa shape index (κ1) is 11.9. The Kier molecular flexibility index (Phi) is 5.04. The fourth-order valence-corrected chi connectivity index (χ4v) is 1.12. The Balaban J connectivity index is 4.45. The van der Waals surface area contributed by atoms with Crippen LogP contribution in [0.5, 0.6) is 0 Å². The van der Waals surface area contributed by atoms with Crippen LogP contribution in [0.1, 0.15) is 6.92 Å². The van der Waals surface area contributed by atoms with Crippen molar-refractivity contribution in [1.82, 2.24) is 0 Å². The van der Waals surface area contributed by atoms with Crippen molar-refractivity contribution in [3.05, 3.63) is 0 Å². The van der Waals surface area contributed by atoms with E-state index in [1.54, 1.807) is 6.92 Å². The molecule has 2 unspecified atom stereocenters. The summed E-state index contributed by atoms with van der Waals surface area (Å²) >= 11 is 0. The number of hydrogen-bond donors (Lipinski definition) is 1. The number of ether oxygens (including phenoxy) is 2. The number of carbonyl (C=O) groups is 1. The molecule has 0 rings (SSSR count). The summed E-state index contributed by atoms with van der Waals surface area (Å²) in [5.41, 5.74) is 5.02. The van der Waals surface area contributed by atoms with E-state index >= 15 is 0 Å². The van der Waals surface area contributed by atoms with Crippen molar-refractivity contribution < 1.29 is 14.3 Å². The maximum atomic E-state index is 10.8. The number of rotatable bonds is 5. The number of nitrogens with two attached hydrogens (primary N) is 1. The second kappa shape index (κ2) is 5.51. The van der Waals surface area contributed by atoms with Crippen molar-refractivity contribution in [1.29, 1.82) is 5.26 Å². The van der Waals surface area contributed by atoms with E-state index in [1.807, 2.05) is 6.07 Å². The predicted molar refractivity (Wildman–Crippen MR) is 45.3 cm³/mol. The number of amides is 1. The van der Waals surface area contributed by atoms with Crippen molar-refractivity contribution in [2.24, 2.45) is 17.6 Å². The topological polar surface area (TPSA) is 85.3 Å². The lowest BCUT2D eigenvalue weighted by Gasteiger charge is -2.22. The minimum absolute atomic E-state index is 0.377. The van der Waals surface area contributed by atoms with Crippen LogP contribution in [0.2, 0.25) is 0 Å². The summed E-state index contributed by atoms with van der Waals surface area (Å²) in [6.07, 6.45) is -0.586. The monoisotopic (exact) mass is 186 g/mol. The standard InChI is InChI=1S/C8H14N2O3/c1-5(8(12-2)13-3)6(4-9)7(10)11/h5-6,8H,1-3H3,(H2,10,11). The molecule has 2 atom stereocenters. The maximum absolute atomic E-state index is 10.8. The van der Waals surface area contributed by atoms with E-state index in [4.69, 9.17) is 20.5 Å². The van der Waals surface area contributed by atoms with Crippen molar-refractivity contribution >= 4 is 5.91 Å². The Morgan fingerprint density at radius 1 is 1.46 bits per heavy atom. The van der Waals surface area contributed by atoms with Gasteiger partial charge in [-0.2, -0.15) is 5.26 Å². The lowest BCUT2D eigenvalue weighted by atomic mass is 9.94. The molecular formula is C8H14N2O3. The number of methoxy groups -OCH3 is 2. The SMILES string of the molecule is COC(OC)C(C)C(C#N)C(N)=O. The molecule has 0 aromatic heterocycles. The molecule has 2 N–H and O–H groups in total. The molecule has 74 valence electrons. The summed E-state index contributed by atoms with van der Waals surface area (Å²) in [5.74, 6) is -1.92. The highest BCUT2D eigenvalue weighted by molar-refractivity contribution is 5.79. The van der Waals surface area contributed by atoms with Crippen LogP contribution < -0.4 is 5.73 Å². The molecule has 0 aliphatic rings. The third-order valence-electron chi connectivity index (χ3n) is 1.87. The van der Waals surface area contributed by atoms with Gasteiger partial charge in [0.15, 0.2) is 6.29 Å². The highest BCUT2D eigenvalue weighted by atomic mass is 16.7. The van der Waals surface area contributed by atoms with Gasteiger partial charge in [0.1, 0.15) is 5.92 Å². The molecule has 0 aliphatic heterocycles. The van der Waals surface area contributed by atoms with E-state index < -0.39 is 18.1 Å². The van der Waals surface area contributed by atoms with Gasteiger partial charge in [0.05, 0.1) is 6.07 Å². The van der Waals surface area contributed by atoms with Crippen LogP contribution in [-0.2, 0) is 14.3 Å². The summed E-state index contributed by atoms with van der Waals surface area (Å²) in [6.45, 7) is 1.68. The number of carbonyl (C=O) groups excluding carboxylic acids is 1. The number of hydrogen-bond acceptors (Lipinski definition) is 4. The maximum Gasteiger partial charge on any atom is 0.235 e. The molecule has 0 aliphatic carbocycles. The van der Waals surface area contributed by atoms with E-state index in [2.05, 4.69) is 0 Å². The second-order valence-electron chi connectivity index (χ2n) is 2.71. The van der Waals surface area contributed by atoms with Gasteiger partial charge in [-0.15, -0.1) is 0 Å². The van der Waals surface area contributed by atoms with Crippen molar-refractivity contribution in [2.75, 3.05) is 14.2 Å². The Morgan fingerprint density at radius 2 is 1.92 bits per heavy atom. The average Bonchev–Trinajstić information content (AvgIpc) is 2.07. The van der Waals surface area contributed by atoms with Gasteiger partial charge in [-0.3, -0.25) is 4.79 Å². The Labute approximate surface area is 77.4 Å². The third-order valence-corrected chi connectivity index (χ3v) is 1.87. The largest absolute Gasteiger partial charge is 0.369 e. The van der Waals surface area contributed by atoms with Gasteiger partial charge in [-0.25, -0.2) is 0 Å². The number of nitrogens with zero attached hydrogens (tertiary/aromatic N) is 1. The first-order chi connectivity index (χ1) is 6.08. The van der Waals surface area contributed by atoms with Crippen LogP contribution in [0, 0.1) is 23.2 Å². The molecule has 0 bridgehead atoms. The molecule has 0 aromatic carbocycles. The van der Waals surface area contributed by atoms with Crippen LogP contribution in [0.3, 0.4) is 0 Å². The molecule has 1 amide bonds. The Bertz CT molecular complexity index is 208. The Morgan fingerprint density at radius 3 is 2.15 bits per heavy atom. The first-order valence-corrected chi connectivity index (χ1v) is 3.83. The van der Waals surface area contributed by atoms with Crippen LogP contribution >= 0.6 is 0 Å². The van der Waals surface area contributed by atoms with Crippen LogP contribution in [0.25, 0.3) is 0 Å². The van der Waals surface area contributed by atoms with Crippen LogP contribution in [-0.4, -0.2) is 26.4 Å². The fourth-order valence-electron chi connectivity index (χ4n) is 1.12. The molecule has 0 saturated carbocycles. The van der Waals surface area contributed by atoms with E-state index in [-0.39, 0.29) is 5.92 Å². The molecule has 0 saturated heterocycles. The van der Waals surface area contributed by atoms with Gasteiger partial charge in [-0.1, -0.05) is 6.92 Å². The van der Waals surface area contributed by atoms with Gasteiger partial charge in [0.2, 0.25) is 5.91 Å². The van der Waals surface area contributed by atoms with Crippen molar-refractivity contribution in [3.8, 4) is 6.07 Å². The molecule has 5 nitrogen and oxygen atoms in total. The molecule has 0 spiro atoms. The number of nitriles is 1. The Hall–Kier alpha value is -1.12. The van der Waals surface area contributed by atoms with E-state index in [0.717, 1.165) is 0 Å². The van der Waals surface area contributed by atoms with Gasteiger partial charge in [0, 0.05) is 20.1 Å². The molecular weight excluding hydrogens is 172 g/mol. The zero-order chi connectivity index (χ0) is 10.4. The van der Waals surface area contributed by atoms with Crippen LogP contribution in [0.15, 0.2) is 0 Å². The van der Waals surface area contributed by atoms with Crippen LogP contribution in [0.4, 0.5) is 0 Å². The van der Waals surface area contributed by atoms with Gasteiger partial charge in [-0.05, 0) is 0 Å². The molecule has 0 radical (unpaired) electrons. The third kappa shape index (κ3) is 3.01. The predicted octanol–water partition coefficient (Wildman–Crippen LogP) is -0.134. The molecule has 0 aromatic rings. The summed E-state index contributed by atoms with van der Waals surface area (Å²) in [7, 11) is 2.89. The van der Waals surface area contributed by atoms with E-state index in [0.29, 0.717) is 0 Å². The summed E-state index contributed by atoms with van der Waals surface area (Å²) in [5, 5.41) is 8.64. The second-order valence-corrected chi connectivity index (χ2v) is 2.71. The fraction of sp³-hybridized carbons (Fsp3) is 0.750. The summed E-state index contributed by atoms with van der Waals surface area (Å²) in [6, 6.07) is 1.82. The van der Waals surface area contributed by atoms with Gasteiger partial charge < -0.3 is 15.2 Å². The zero-order valence-corrected chi connectivity index (χ0v) is 7.98. The lowest BCUT2D eigenvalue weighted by molar-refractivity contribution is -0.149. The number of primary amides is 1. The zero-order valence-electron chi connectivity index (χ0n) is 7.98. The normalized spacial score (nSPS) is 15.0. The van der Waals surface area contributed by atoms with Crippen molar-refractivity contribution in [3.63, 3.8) is 0 Å². The van der Waals surface area contributed by atoms with Gasteiger partial charge in [0.25, 0.3) is 0 Å². The molecule has 0 fully saturated rings. The average molecular weight is 186 g/mol. The highest BCUT2D eigenvalue weighted by Gasteiger charge is 2.29. The van der Waals surface area contributed by atoms with E-state index in [9.17, 15) is 4.79 Å². The molecule has 5 heteroatoms. The highest BCUT2D eigenvalue weighted by Crippen LogP contribution is 2.17. The van der Waals surface area contributed by atoms with Crippen molar-refractivity contribution in [2.45, 2.75) is 13.2 Å². The summed E-state index contributed by atoms with van der Waals surface area (Å²) in [4.78, 5) is 10.8. The lowest BCUT2D eigenvalue weighted by Crippen LogP contribution is -2.35. The quantitative estimate of drug-likeness (QED) is 0.606. The minimum atomic E-state index is -0.884. The smallest absolute Gasteiger partial charge is 0.235 e. The first-order valence-electron chi connectivity index (χ1n) is 3.83. The molecule has 0 heterocycles. The van der Waals surface area contributed by atoms with Gasteiger partial charge >= 0.3 is 0 Å². The molecule has 13 heavy (non-hydrogen) atoms. The summed E-state index contributed by atoms with van der Waals surface area (Å²) < 4.78 is 9.83.